The van der Waals surface area contributed by atoms with Crippen LogP contribution in [0.3, 0.4) is 0 Å². The molecule has 1 atom stereocenters. The number of nitrogens with zero attached hydrogens (tertiary/aromatic N) is 1. The van der Waals surface area contributed by atoms with Crippen LogP contribution in [-0.2, 0) is 14.3 Å². The van der Waals surface area contributed by atoms with E-state index in [-0.39, 0.29) is 42.0 Å². The average molecular weight is 412 g/mol. The number of esters is 1. The molecule has 0 aromatic heterocycles. The van der Waals surface area contributed by atoms with Gasteiger partial charge in [-0.2, -0.15) is 0 Å². The first-order valence-electron chi connectivity index (χ1n) is 9.47. The smallest absolute Gasteiger partial charge is 0.309 e. The van der Waals surface area contributed by atoms with Gasteiger partial charge in [-0.15, -0.1) is 12.4 Å². The fraction of sp³-hybridized carbons (Fsp3) is 0.550. The first-order valence-corrected chi connectivity index (χ1v) is 9.47. The van der Waals surface area contributed by atoms with Gasteiger partial charge >= 0.3 is 5.97 Å². The molecule has 7 nitrogen and oxygen atoms in total. The standard InChI is InChI=1S/C20H29N3O4.ClH/c1-4-27-20(26)16-9-11-23(12-10-16)19(25)15-5-7-17(8-6-15)22-18(24)14(2)13-21-3;/h5-8,14,16,21H,4,9-13H2,1-3H3,(H,22,24);1H. The Hall–Kier alpha value is -2.12. The Labute approximate surface area is 172 Å². The van der Waals surface area contributed by atoms with Crippen LogP contribution in [0.25, 0.3) is 0 Å². The molecule has 1 aliphatic rings. The number of ether oxygens (including phenoxy) is 1. The molecule has 0 spiro atoms. The Balaban J connectivity index is 0.00000392. The van der Waals surface area contributed by atoms with Gasteiger partial charge in [0.25, 0.3) is 5.91 Å². The van der Waals surface area contributed by atoms with E-state index in [1.807, 2.05) is 6.92 Å². The molecule has 1 heterocycles. The van der Waals surface area contributed by atoms with Gasteiger partial charge in [0.2, 0.25) is 5.91 Å². The van der Waals surface area contributed by atoms with E-state index in [4.69, 9.17) is 4.74 Å². The van der Waals surface area contributed by atoms with Crippen LogP contribution < -0.4 is 10.6 Å². The van der Waals surface area contributed by atoms with E-state index in [1.54, 1.807) is 43.1 Å². The largest absolute Gasteiger partial charge is 0.466 e. The molecule has 2 rings (SSSR count). The molecule has 1 aromatic carbocycles. The minimum atomic E-state index is -0.169. The fourth-order valence-corrected chi connectivity index (χ4v) is 3.12. The lowest BCUT2D eigenvalue weighted by atomic mass is 9.96. The molecule has 0 bridgehead atoms. The molecule has 0 radical (unpaired) electrons. The van der Waals surface area contributed by atoms with E-state index in [0.29, 0.717) is 50.3 Å². The molecule has 1 aromatic rings. The first kappa shape index (κ1) is 23.9. The Morgan fingerprint density at radius 1 is 1.18 bits per heavy atom. The summed E-state index contributed by atoms with van der Waals surface area (Å²) in [5.41, 5.74) is 1.24. The number of nitrogens with one attached hydrogen (secondary N) is 2. The molecule has 8 heteroatoms. The van der Waals surface area contributed by atoms with Crippen molar-refractivity contribution in [2.24, 2.45) is 11.8 Å². The molecule has 0 saturated carbocycles. The summed E-state index contributed by atoms with van der Waals surface area (Å²) < 4.78 is 5.06. The van der Waals surface area contributed by atoms with Gasteiger partial charge in [0.15, 0.2) is 0 Å². The number of hydrogen-bond acceptors (Lipinski definition) is 5. The summed E-state index contributed by atoms with van der Waals surface area (Å²) in [6, 6.07) is 6.92. The molecule has 2 N–H and O–H groups in total. The number of carbonyl (C=O) groups excluding carboxylic acids is 3. The summed E-state index contributed by atoms with van der Waals surface area (Å²) in [6.45, 7) is 5.72. The van der Waals surface area contributed by atoms with Crippen LogP contribution in [0.4, 0.5) is 5.69 Å². The van der Waals surface area contributed by atoms with Crippen LogP contribution in [0.2, 0.25) is 0 Å². The maximum absolute atomic E-state index is 12.6. The van der Waals surface area contributed by atoms with Crippen molar-refractivity contribution in [1.29, 1.82) is 0 Å². The van der Waals surface area contributed by atoms with Gasteiger partial charge < -0.3 is 20.3 Å². The van der Waals surface area contributed by atoms with Gasteiger partial charge in [-0.3, -0.25) is 14.4 Å². The molecule has 1 aliphatic heterocycles. The van der Waals surface area contributed by atoms with Crippen LogP contribution in [0, 0.1) is 11.8 Å². The third-order valence-corrected chi connectivity index (χ3v) is 4.76. The first-order chi connectivity index (χ1) is 13.0. The van der Waals surface area contributed by atoms with Crippen molar-refractivity contribution in [3.8, 4) is 0 Å². The number of piperidine rings is 1. The van der Waals surface area contributed by atoms with Crippen LogP contribution in [0.1, 0.15) is 37.0 Å². The number of rotatable bonds is 7. The Kier molecular flexibility index (Phi) is 9.96. The minimum Gasteiger partial charge on any atom is -0.466 e. The molecule has 1 unspecified atom stereocenters. The van der Waals surface area contributed by atoms with Gasteiger partial charge in [0.1, 0.15) is 0 Å². The van der Waals surface area contributed by atoms with Crippen LogP contribution in [-0.4, -0.2) is 56.0 Å². The van der Waals surface area contributed by atoms with Crippen molar-refractivity contribution in [1.82, 2.24) is 10.2 Å². The molecular weight excluding hydrogens is 382 g/mol. The third kappa shape index (κ3) is 6.49. The molecule has 2 amide bonds. The van der Waals surface area contributed by atoms with Crippen molar-refractivity contribution in [3.63, 3.8) is 0 Å². The normalized spacial score (nSPS) is 15.3. The quantitative estimate of drug-likeness (QED) is 0.672. The SMILES string of the molecule is CCOC(=O)C1CCN(C(=O)c2ccc(NC(=O)C(C)CNC)cc2)CC1.Cl. The number of likely N-dealkylation sites (tertiary alicyclic amines) is 1. The summed E-state index contributed by atoms with van der Waals surface area (Å²) in [5, 5.41) is 5.82. The fourth-order valence-electron chi connectivity index (χ4n) is 3.12. The monoisotopic (exact) mass is 411 g/mol. The van der Waals surface area contributed by atoms with Gasteiger partial charge in [0.05, 0.1) is 12.5 Å². The molecule has 28 heavy (non-hydrogen) atoms. The van der Waals surface area contributed by atoms with E-state index in [0.717, 1.165) is 0 Å². The second kappa shape index (κ2) is 11.7. The summed E-state index contributed by atoms with van der Waals surface area (Å²) in [6.07, 6.45) is 1.25. The van der Waals surface area contributed by atoms with Gasteiger partial charge in [-0.05, 0) is 51.1 Å². The van der Waals surface area contributed by atoms with Crippen LogP contribution >= 0.6 is 12.4 Å². The molecule has 156 valence electrons. The van der Waals surface area contributed by atoms with Crippen LogP contribution in [0.5, 0.6) is 0 Å². The van der Waals surface area contributed by atoms with Gasteiger partial charge in [0, 0.05) is 36.8 Å². The Bertz CT molecular complexity index is 658. The zero-order valence-corrected chi connectivity index (χ0v) is 17.5. The number of anilines is 1. The van der Waals surface area contributed by atoms with Gasteiger partial charge in [-0.1, -0.05) is 6.92 Å². The van der Waals surface area contributed by atoms with Crippen molar-refractivity contribution in [3.05, 3.63) is 29.8 Å². The van der Waals surface area contributed by atoms with Gasteiger partial charge in [-0.25, -0.2) is 0 Å². The predicted octanol–water partition coefficient (Wildman–Crippen LogP) is 2.32. The molecule has 0 aliphatic carbocycles. The summed E-state index contributed by atoms with van der Waals surface area (Å²) >= 11 is 0. The van der Waals surface area contributed by atoms with Crippen LogP contribution in [0.15, 0.2) is 24.3 Å². The number of hydrogen-bond donors (Lipinski definition) is 2. The molecule has 1 fully saturated rings. The number of halogens is 1. The van der Waals surface area contributed by atoms with Crippen molar-refractivity contribution >= 4 is 35.9 Å². The minimum absolute atomic E-state index is 0. The number of benzene rings is 1. The number of amides is 2. The second-order valence-corrected chi connectivity index (χ2v) is 6.84. The lowest BCUT2D eigenvalue weighted by molar-refractivity contribution is -0.149. The lowest BCUT2D eigenvalue weighted by Gasteiger charge is -2.31. The summed E-state index contributed by atoms with van der Waals surface area (Å²) in [4.78, 5) is 38.2. The second-order valence-electron chi connectivity index (χ2n) is 6.84. The topological polar surface area (TPSA) is 87.7 Å². The van der Waals surface area contributed by atoms with Crippen molar-refractivity contribution < 1.29 is 19.1 Å². The lowest BCUT2D eigenvalue weighted by Crippen LogP contribution is -2.40. The highest BCUT2D eigenvalue weighted by molar-refractivity contribution is 5.96. The maximum Gasteiger partial charge on any atom is 0.309 e. The molecular formula is C20H30ClN3O4. The Morgan fingerprint density at radius 3 is 2.32 bits per heavy atom. The highest BCUT2D eigenvalue weighted by atomic mass is 35.5. The zero-order valence-electron chi connectivity index (χ0n) is 16.7. The molecule has 1 saturated heterocycles. The maximum atomic E-state index is 12.6. The predicted molar refractivity (Wildman–Crippen MR) is 111 cm³/mol. The average Bonchev–Trinajstić information content (AvgIpc) is 2.68. The Morgan fingerprint density at radius 2 is 1.79 bits per heavy atom. The zero-order chi connectivity index (χ0) is 19.8. The van der Waals surface area contributed by atoms with E-state index in [1.165, 1.54) is 0 Å². The van der Waals surface area contributed by atoms with E-state index < -0.39 is 0 Å². The van der Waals surface area contributed by atoms with E-state index >= 15 is 0 Å². The third-order valence-electron chi connectivity index (χ3n) is 4.76. The highest BCUT2D eigenvalue weighted by Gasteiger charge is 2.28. The van der Waals surface area contributed by atoms with Crippen molar-refractivity contribution in [2.75, 3.05) is 38.6 Å². The van der Waals surface area contributed by atoms with E-state index in [2.05, 4.69) is 10.6 Å². The van der Waals surface area contributed by atoms with Crippen molar-refractivity contribution in [2.45, 2.75) is 26.7 Å². The summed E-state index contributed by atoms with van der Waals surface area (Å²) in [5.74, 6) is -0.552. The number of carbonyl (C=O) groups is 3. The van der Waals surface area contributed by atoms with E-state index in [9.17, 15) is 14.4 Å². The highest BCUT2D eigenvalue weighted by Crippen LogP contribution is 2.21. The summed E-state index contributed by atoms with van der Waals surface area (Å²) in [7, 11) is 1.81.